The lowest BCUT2D eigenvalue weighted by Gasteiger charge is -2.05. The van der Waals surface area contributed by atoms with Crippen molar-refractivity contribution in [1.82, 2.24) is 0 Å². The van der Waals surface area contributed by atoms with Crippen molar-refractivity contribution in [2.45, 2.75) is 31.9 Å². The van der Waals surface area contributed by atoms with Crippen molar-refractivity contribution < 1.29 is 13.2 Å². The standard InChI is InChI=1S/C13H17ClO3S/c1-2-12(15)7-5-9-18(16,17)10-11-6-3-4-8-13(11)14/h3-4,6,8H,2,5,7,9-10H2,1H3. The molecule has 5 heteroatoms. The van der Waals surface area contributed by atoms with E-state index in [-0.39, 0.29) is 17.3 Å². The van der Waals surface area contributed by atoms with Gasteiger partial charge in [0.1, 0.15) is 5.78 Å². The average Bonchev–Trinajstić information content (AvgIpc) is 2.31. The first kappa shape index (κ1) is 15.2. The molecule has 18 heavy (non-hydrogen) atoms. The van der Waals surface area contributed by atoms with Gasteiger partial charge in [-0.3, -0.25) is 4.79 Å². The van der Waals surface area contributed by atoms with Crippen molar-refractivity contribution in [1.29, 1.82) is 0 Å². The summed E-state index contributed by atoms with van der Waals surface area (Å²) in [6, 6.07) is 6.90. The zero-order valence-electron chi connectivity index (χ0n) is 10.4. The molecule has 0 atom stereocenters. The summed E-state index contributed by atoms with van der Waals surface area (Å²) >= 11 is 5.92. The Morgan fingerprint density at radius 3 is 2.56 bits per heavy atom. The molecule has 1 rings (SSSR count). The summed E-state index contributed by atoms with van der Waals surface area (Å²) in [6.45, 7) is 1.78. The molecule has 1 aromatic rings. The minimum atomic E-state index is -3.20. The lowest BCUT2D eigenvalue weighted by Crippen LogP contribution is -2.11. The molecular formula is C13H17ClO3S. The number of carbonyl (C=O) groups excluding carboxylic acids is 1. The summed E-state index contributed by atoms with van der Waals surface area (Å²) in [5.41, 5.74) is 0.612. The molecule has 0 amide bonds. The molecule has 0 aromatic heterocycles. The minimum Gasteiger partial charge on any atom is -0.300 e. The van der Waals surface area contributed by atoms with Gasteiger partial charge in [0.25, 0.3) is 0 Å². The van der Waals surface area contributed by atoms with Crippen LogP contribution in [-0.4, -0.2) is 20.0 Å². The second-order valence-electron chi connectivity index (χ2n) is 4.18. The van der Waals surface area contributed by atoms with Crippen LogP contribution in [0.3, 0.4) is 0 Å². The summed E-state index contributed by atoms with van der Waals surface area (Å²) in [5.74, 6) is 0.0691. The molecule has 0 saturated heterocycles. The van der Waals surface area contributed by atoms with E-state index in [2.05, 4.69) is 0 Å². The molecule has 0 aliphatic rings. The van der Waals surface area contributed by atoms with Crippen LogP contribution in [0.15, 0.2) is 24.3 Å². The number of ketones is 1. The van der Waals surface area contributed by atoms with E-state index >= 15 is 0 Å². The number of benzene rings is 1. The lowest BCUT2D eigenvalue weighted by molar-refractivity contribution is -0.118. The van der Waals surface area contributed by atoms with Crippen LogP contribution in [-0.2, 0) is 20.4 Å². The maximum atomic E-state index is 11.9. The van der Waals surface area contributed by atoms with E-state index in [1.165, 1.54) is 0 Å². The molecule has 0 heterocycles. The minimum absolute atomic E-state index is 0.0317. The Morgan fingerprint density at radius 2 is 1.94 bits per heavy atom. The monoisotopic (exact) mass is 288 g/mol. The predicted octanol–water partition coefficient (Wildman–Crippen LogP) is 3.01. The average molecular weight is 289 g/mol. The van der Waals surface area contributed by atoms with Gasteiger partial charge < -0.3 is 0 Å². The molecule has 0 fully saturated rings. The number of Topliss-reactive ketones (excluding diaryl/α,β-unsaturated/α-hetero) is 1. The number of hydrogen-bond acceptors (Lipinski definition) is 3. The van der Waals surface area contributed by atoms with Gasteiger partial charge in [-0.2, -0.15) is 0 Å². The number of sulfone groups is 1. The maximum Gasteiger partial charge on any atom is 0.154 e. The van der Waals surface area contributed by atoms with Crippen molar-refractivity contribution >= 4 is 27.2 Å². The first-order chi connectivity index (χ1) is 8.44. The van der Waals surface area contributed by atoms with Crippen LogP contribution < -0.4 is 0 Å². The summed E-state index contributed by atoms with van der Waals surface area (Å²) in [7, 11) is -3.20. The lowest BCUT2D eigenvalue weighted by atomic mass is 10.2. The van der Waals surface area contributed by atoms with Gasteiger partial charge in [-0.1, -0.05) is 36.7 Å². The number of rotatable bonds is 7. The van der Waals surface area contributed by atoms with Crippen LogP contribution in [0, 0.1) is 0 Å². The first-order valence-corrected chi connectivity index (χ1v) is 8.10. The second kappa shape index (κ2) is 6.90. The zero-order chi connectivity index (χ0) is 13.6. The van der Waals surface area contributed by atoms with Crippen LogP contribution in [0.2, 0.25) is 5.02 Å². The molecule has 0 spiro atoms. The molecule has 0 saturated carbocycles. The summed E-state index contributed by atoms with van der Waals surface area (Å²) in [4.78, 5) is 11.1. The van der Waals surface area contributed by atoms with Gasteiger partial charge in [0.2, 0.25) is 0 Å². The summed E-state index contributed by atoms with van der Waals surface area (Å²) in [5, 5.41) is 0.464. The largest absolute Gasteiger partial charge is 0.300 e. The molecule has 0 bridgehead atoms. The van der Waals surface area contributed by atoms with E-state index in [1.807, 2.05) is 0 Å². The molecular weight excluding hydrogens is 272 g/mol. The maximum absolute atomic E-state index is 11.9. The second-order valence-corrected chi connectivity index (χ2v) is 6.77. The highest BCUT2D eigenvalue weighted by atomic mass is 35.5. The highest BCUT2D eigenvalue weighted by molar-refractivity contribution is 7.90. The fourth-order valence-corrected chi connectivity index (χ4v) is 3.33. The summed E-state index contributed by atoms with van der Waals surface area (Å²) in [6.07, 6.45) is 1.18. The quantitative estimate of drug-likeness (QED) is 0.775. The van der Waals surface area contributed by atoms with Gasteiger partial charge in [-0.15, -0.1) is 0 Å². The van der Waals surface area contributed by atoms with E-state index in [0.29, 0.717) is 29.8 Å². The van der Waals surface area contributed by atoms with Crippen LogP contribution >= 0.6 is 11.6 Å². The van der Waals surface area contributed by atoms with Crippen molar-refractivity contribution in [3.05, 3.63) is 34.9 Å². The third-order valence-electron chi connectivity index (χ3n) is 2.64. The molecule has 0 radical (unpaired) electrons. The van der Waals surface area contributed by atoms with Gasteiger partial charge in [0.15, 0.2) is 9.84 Å². The Labute approximate surface area is 113 Å². The fourth-order valence-electron chi connectivity index (χ4n) is 1.59. The SMILES string of the molecule is CCC(=O)CCCS(=O)(=O)Cc1ccccc1Cl. The molecule has 0 aliphatic heterocycles. The molecule has 0 unspecified atom stereocenters. The van der Waals surface area contributed by atoms with E-state index < -0.39 is 9.84 Å². The van der Waals surface area contributed by atoms with E-state index in [0.717, 1.165) is 0 Å². The molecule has 3 nitrogen and oxygen atoms in total. The normalized spacial score (nSPS) is 11.4. The third kappa shape index (κ3) is 5.19. The van der Waals surface area contributed by atoms with Crippen molar-refractivity contribution in [3.8, 4) is 0 Å². The number of carbonyl (C=O) groups is 1. The number of hydrogen-bond donors (Lipinski definition) is 0. The zero-order valence-corrected chi connectivity index (χ0v) is 11.9. The van der Waals surface area contributed by atoms with Gasteiger partial charge in [-0.25, -0.2) is 8.42 Å². The van der Waals surface area contributed by atoms with Gasteiger partial charge >= 0.3 is 0 Å². The fraction of sp³-hybridized carbons (Fsp3) is 0.462. The third-order valence-corrected chi connectivity index (χ3v) is 4.67. The van der Waals surface area contributed by atoms with Gasteiger partial charge in [0, 0.05) is 17.9 Å². The molecule has 1 aromatic carbocycles. The van der Waals surface area contributed by atoms with Crippen LogP contribution in [0.1, 0.15) is 31.7 Å². The van der Waals surface area contributed by atoms with E-state index in [1.54, 1.807) is 31.2 Å². The highest BCUT2D eigenvalue weighted by Crippen LogP contribution is 2.18. The van der Waals surface area contributed by atoms with Crippen molar-refractivity contribution in [2.24, 2.45) is 0 Å². The van der Waals surface area contributed by atoms with Crippen molar-refractivity contribution in [3.63, 3.8) is 0 Å². The molecule has 0 N–H and O–H groups in total. The predicted molar refractivity (Wildman–Crippen MR) is 73.5 cm³/mol. The Hall–Kier alpha value is -0.870. The Kier molecular flexibility index (Phi) is 5.82. The van der Waals surface area contributed by atoms with Crippen LogP contribution in [0.25, 0.3) is 0 Å². The van der Waals surface area contributed by atoms with Crippen molar-refractivity contribution in [2.75, 3.05) is 5.75 Å². The number of halogens is 1. The van der Waals surface area contributed by atoms with E-state index in [9.17, 15) is 13.2 Å². The topological polar surface area (TPSA) is 51.2 Å². The summed E-state index contributed by atoms with van der Waals surface area (Å²) < 4.78 is 23.7. The van der Waals surface area contributed by atoms with Gasteiger partial charge in [0.05, 0.1) is 11.5 Å². The van der Waals surface area contributed by atoms with Crippen LogP contribution in [0.4, 0.5) is 0 Å². The first-order valence-electron chi connectivity index (χ1n) is 5.90. The van der Waals surface area contributed by atoms with Gasteiger partial charge in [-0.05, 0) is 18.1 Å². The Balaban J connectivity index is 2.55. The molecule has 0 aliphatic carbocycles. The van der Waals surface area contributed by atoms with E-state index in [4.69, 9.17) is 11.6 Å². The molecule has 100 valence electrons. The highest BCUT2D eigenvalue weighted by Gasteiger charge is 2.14. The Morgan fingerprint density at radius 1 is 1.28 bits per heavy atom. The smallest absolute Gasteiger partial charge is 0.154 e. The van der Waals surface area contributed by atoms with Crippen LogP contribution in [0.5, 0.6) is 0 Å². The Bertz CT molecular complexity index is 509.